The van der Waals surface area contributed by atoms with E-state index in [9.17, 15) is 0 Å². The monoisotopic (exact) mass is 273 g/mol. The average Bonchev–Trinajstić information content (AvgIpc) is 2.89. The summed E-state index contributed by atoms with van der Waals surface area (Å²) in [7, 11) is 0. The van der Waals surface area contributed by atoms with E-state index in [2.05, 4.69) is 30.5 Å². The van der Waals surface area contributed by atoms with Gasteiger partial charge in [-0.3, -0.25) is 4.68 Å². The smallest absolute Gasteiger partial charge is 0.119 e. The second-order valence-electron chi connectivity index (χ2n) is 5.19. The fraction of sp³-hybridized carbons (Fsp3) is 0.438. The molecule has 1 atom stereocenters. The molecule has 1 N–H and O–H groups in total. The van der Waals surface area contributed by atoms with Crippen LogP contribution in [0.4, 0.5) is 5.69 Å². The van der Waals surface area contributed by atoms with Gasteiger partial charge < -0.3 is 10.1 Å². The molecule has 1 aromatic heterocycles. The highest BCUT2D eigenvalue weighted by Gasteiger charge is 2.08. The number of ether oxygens (including phenoxy) is 1. The Morgan fingerprint density at radius 2 is 1.90 bits per heavy atom. The summed E-state index contributed by atoms with van der Waals surface area (Å²) in [4.78, 5) is 0. The molecule has 0 aliphatic heterocycles. The molecule has 0 saturated heterocycles. The maximum atomic E-state index is 5.64. The first kappa shape index (κ1) is 14.4. The first-order valence-corrected chi connectivity index (χ1v) is 7.14. The number of nitrogens with zero attached hydrogens (tertiary/aromatic N) is 2. The third-order valence-corrected chi connectivity index (χ3v) is 3.09. The third kappa shape index (κ3) is 3.76. The number of hydrogen-bond donors (Lipinski definition) is 1. The molecule has 108 valence electrons. The van der Waals surface area contributed by atoms with Crippen LogP contribution >= 0.6 is 0 Å². The fourth-order valence-electron chi connectivity index (χ4n) is 2.01. The van der Waals surface area contributed by atoms with Gasteiger partial charge >= 0.3 is 0 Å². The lowest BCUT2D eigenvalue weighted by Gasteiger charge is -2.15. The topological polar surface area (TPSA) is 39.1 Å². The molecule has 0 aliphatic rings. The highest BCUT2D eigenvalue weighted by molar-refractivity contribution is 5.47. The molecule has 0 spiro atoms. The van der Waals surface area contributed by atoms with Crippen LogP contribution in [0.15, 0.2) is 36.7 Å². The van der Waals surface area contributed by atoms with Crippen LogP contribution in [0, 0.1) is 0 Å². The van der Waals surface area contributed by atoms with Crippen molar-refractivity contribution in [1.29, 1.82) is 0 Å². The molecule has 0 fully saturated rings. The molecule has 2 rings (SSSR count). The standard InChI is InChI=1S/C16H23N3O/c1-5-19-11-14(10-17-19)13(4)18-15-6-8-16(9-7-15)20-12(2)3/h6-13,18H,5H2,1-4H3. The molecule has 20 heavy (non-hydrogen) atoms. The van der Waals surface area contributed by atoms with E-state index in [1.165, 1.54) is 5.56 Å². The lowest BCUT2D eigenvalue weighted by Crippen LogP contribution is -2.07. The number of rotatable bonds is 6. The van der Waals surface area contributed by atoms with E-state index < -0.39 is 0 Å². The predicted molar refractivity (Wildman–Crippen MR) is 82.1 cm³/mol. The number of aryl methyl sites for hydroxylation is 1. The molecule has 2 aromatic rings. The summed E-state index contributed by atoms with van der Waals surface area (Å²) < 4.78 is 7.57. The Hall–Kier alpha value is -1.97. The van der Waals surface area contributed by atoms with Crippen LogP contribution in [0.1, 0.15) is 39.3 Å². The van der Waals surface area contributed by atoms with Crippen LogP contribution in [0.3, 0.4) is 0 Å². The molecule has 4 nitrogen and oxygen atoms in total. The summed E-state index contributed by atoms with van der Waals surface area (Å²) in [6.45, 7) is 9.17. The summed E-state index contributed by atoms with van der Waals surface area (Å²) in [5, 5.41) is 7.77. The van der Waals surface area contributed by atoms with Gasteiger partial charge in [0.1, 0.15) is 5.75 Å². The minimum atomic E-state index is 0.201. The van der Waals surface area contributed by atoms with Crippen LogP contribution in [0.2, 0.25) is 0 Å². The van der Waals surface area contributed by atoms with E-state index >= 15 is 0 Å². The van der Waals surface area contributed by atoms with Crippen molar-refractivity contribution in [1.82, 2.24) is 9.78 Å². The zero-order valence-electron chi connectivity index (χ0n) is 12.6. The van der Waals surface area contributed by atoms with Crippen molar-refractivity contribution in [2.24, 2.45) is 0 Å². The van der Waals surface area contributed by atoms with Crippen molar-refractivity contribution in [2.45, 2.75) is 46.4 Å². The van der Waals surface area contributed by atoms with Crippen LogP contribution in [0.5, 0.6) is 5.75 Å². The zero-order chi connectivity index (χ0) is 14.5. The van der Waals surface area contributed by atoms with E-state index in [-0.39, 0.29) is 12.1 Å². The van der Waals surface area contributed by atoms with E-state index in [0.29, 0.717) is 0 Å². The van der Waals surface area contributed by atoms with Crippen molar-refractivity contribution >= 4 is 5.69 Å². The highest BCUT2D eigenvalue weighted by atomic mass is 16.5. The minimum Gasteiger partial charge on any atom is -0.491 e. The van der Waals surface area contributed by atoms with Gasteiger partial charge in [-0.15, -0.1) is 0 Å². The second-order valence-corrected chi connectivity index (χ2v) is 5.19. The number of aromatic nitrogens is 2. The molecule has 1 unspecified atom stereocenters. The highest BCUT2D eigenvalue weighted by Crippen LogP contribution is 2.21. The van der Waals surface area contributed by atoms with Gasteiger partial charge in [-0.1, -0.05) is 0 Å². The number of benzene rings is 1. The number of hydrogen-bond acceptors (Lipinski definition) is 3. The SMILES string of the molecule is CCn1cc(C(C)Nc2ccc(OC(C)C)cc2)cn1. The van der Waals surface area contributed by atoms with E-state index in [1.807, 2.05) is 49.0 Å². The zero-order valence-corrected chi connectivity index (χ0v) is 12.6. The lowest BCUT2D eigenvalue weighted by molar-refractivity contribution is 0.242. The average molecular weight is 273 g/mol. The summed E-state index contributed by atoms with van der Waals surface area (Å²) >= 11 is 0. The maximum absolute atomic E-state index is 5.64. The normalized spacial score (nSPS) is 12.4. The predicted octanol–water partition coefficient (Wildman–Crippen LogP) is 3.86. The molecule has 0 bridgehead atoms. The Kier molecular flexibility index (Phi) is 4.66. The molecule has 0 saturated carbocycles. The van der Waals surface area contributed by atoms with Gasteiger partial charge in [0.15, 0.2) is 0 Å². The lowest BCUT2D eigenvalue weighted by atomic mass is 10.2. The van der Waals surface area contributed by atoms with Gasteiger partial charge in [-0.25, -0.2) is 0 Å². The van der Waals surface area contributed by atoms with Gasteiger partial charge in [0.25, 0.3) is 0 Å². The summed E-state index contributed by atoms with van der Waals surface area (Å²) in [6.07, 6.45) is 4.19. The summed E-state index contributed by atoms with van der Waals surface area (Å²) in [5.41, 5.74) is 2.27. The molecule has 1 heterocycles. The molecular formula is C16H23N3O. The molecule has 4 heteroatoms. The molecule has 0 aliphatic carbocycles. The van der Waals surface area contributed by atoms with Crippen molar-refractivity contribution in [2.75, 3.05) is 5.32 Å². The minimum absolute atomic E-state index is 0.201. The quantitative estimate of drug-likeness (QED) is 0.868. The van der Waals surface area contributed by atoms with Gasteiger partial charge in [0.2, 0.25) is 0 Å². The van der Waals surface area contributed by atoms with Crippen LogP contribution in [0.25, 0.3) is 0 Å². The van der Waals surface area contributed by atoms with Gasteiger partial charge in [0, 0.05) is 24.0 Å². The summed E-state index contributed by atoms with van der Waals surface area (Å²) in [5.74, 6) is 0.900. The van der Waals surface area contributed by atoms with Crippen molar-refractivity contribution in [3.63, 3.8) is 0 Å². The van der Waals surface area contributed by atoms with Crippen molar-refractivity contribution in [3.05, 3.63) is 42.2 Å². The summed E-state index contributed by atoms with van der Waals surface area (Å²) in [6, 6.07) is 8.29. The van der Waals surface area contributed by atoms with Gasteiger partial charge in [-0.2, -0.15) is 5.10 Å². The second kappa shape index (κ2) is 6.46. The Morgan fingerprint density at radius 1 is 1.20 bits per heavy atom. The Morgan fingerprint density at radius 3 is 2.45 bits per heavy atom. The van der Waals surface area contributed by atoms with Crippen LogP contribution < -0.4 is 10.1 Å². The van der Waals surface area contributed by atoms with Gasteiger partial charge in [-0.05, 0) is 52.0 Å². The van der Waals surface area contributed by atoms with E-state index in [1.54, 1.807) is 0 Å². The first-order chi connectivity index (χ1) is 9.58. The van der Waals surface area contributed by atoms with Crippen molar-refractivity contribution in [3.8, 4) is 5.75 Å². The number of anilines is 1. The van der Waals surface area contributed by atoms with Crippen LogP contribution in [-0.4, -0.2) is 15.9 Å². The fourth-order valence-corrected chi connectivity index (χ4v) is 2.01. The maximum Gasteiger partial charge on any atom is 0.119 e. The van der Waals surface area contributed by atoms with E-state index in [4.69, 9.17) is 4.74 Å². The Balaban J connectivity index is 1.98. The molecule has 1 aromatic carbocycles. The van der Waals surface area contributed by atoms with E-state index in [0.717, 1.165) is 18.0 Å². The molecule has 0 radical (unpaired) electrons. The van der Waals surface area contributed by atoms with Crippen molar-refractivity contribution < 1.29 is 4.74 Å². The third-order valence-electron chi connectivity index (χ3n) is 3.09. The van der Waals surface area contributed by atoms with Crippen LogP contribution in [-0.2, 0) is 6.54 Å². The van der Waals surface area contributed by atoms with Gasteiger partial charge in [0.05, 0.1) is 18.3 Å². The molecule has 0 amide bonds. The first-order valence-electron chi connectivity index (χ1n) is 7.14. The number of nitrogens with one attached hydrogen (secondary N) is 1. The molecular weight excluding hydrogens is 250 g/mol. The Bertz CT molecular complexity index is 531. The Labute approximate surface area is 120 Å². The largest absolute Gasteiger partial charge is 0.491 e.